The van der Waals surface area contributed by atoms with Gasteiger partial charge in [-0.15, -0.1) is 0 Å². The highest BCUT2D eigenvalue weighted by atomic mass is 16.6. The summed E-state index contributed by atoms with van der Waals surface area (Å²) in [5, 5.41) is 2.81. The number of fused-ring (bicyclic) bond motifs is 3. The van der Waals surface area contributed by atoms with Gasteiger partial charge >= 0.3 is 18.2 Å². The van der Waals surface area contributed by atoms with Gasteiger partial charge < -0.3 is 24.4 Å². The third kappa shape index (κ3) is 5.60. The Morgan fingerprint density at radius 3 is 2.13 bits per heavy atom. The van der Waals surface area contributed by atoms with E-state index in [1.165, 1.54) is 11.1 Å². The molecule has 1 saturated carbocycles. The van der Waals surface area contributed by atoms with Crippen LogP contribution in [0, 0.1) is 17.3 Å². The molecule has 1 spiro atoms. The first kappa shape index (κ1) is 27.0. The largest absolute Gasteiger partial charge is 0.466 e. The van der Waals surface area contributed by atoms with Gasteiger partial charge in [-0.2, -0.15) is 0 Å². The van der Waals surface area contributed by atoms with E-state index in [1.54, 1.807) is 11.8 Å². The minimum atomic E-state index is -0.542. The molecule has 0 radical (unpaired) electrons. The van der Waals surface area contributed by atoms with Gasteiger partial charge in [-0.3, -0.25) is 4.79 Å². The zero-order valence-corrected chi connectivity index (χ0v) is 23.2. The molecule has 3 aliphatic rings. The lowest BCUT2D eigenvalue weighted by molar-refractivity contribution is -0.159. The topological polar surface area (TPSA) is 94.2 Å². The second kappa shape index (κ2) is 10.5. The first-order chi connectivity index (χ1) is 18.6. The fourth-order valence-corrected chi connectivity index (χ4v) is 6.35. The molecule has 8 nitrogen and oxygen atoms in total. The average molecular weight is 535 g/mol. The zero-order valence-electron chi connectivity index (χ0n) is 23.2. The Morgan fingerprint density at radius 1 is 0.974 bits per heavy atom. The summed E-state index contributed by atoms with van der Waals surface area (Å²) in [6, 6.07) is 16.4. The van der Waals surface area contributed by atoms with Crippen molar-refractivity contribution in [1.82, 2.24) is 10.2 Å². The molecular formula is C31H38N2O6. The van der Waals surface area contributed by atoms with Crippen molar-refractivity contribution in [2.45, 2.75) is 52.1 Å². The number of ether oxygens (including phenoxy) is 3. The quantitative estimate of drug-likeness (QED) is 0.380. The van der Waals surface area contributed by atoms with Crippen LogP contribution in [0.15, 0.2) is 48.5 Å². The van der Waals surface area contributed by atoms with Gasteiger partial charge in [-0.1, -0.05) is 48.5 Å². The maximum atomic E-state index is 12.8. The van der Waals surface area contributed by atoms with Crippen molar-refractivity contribution in [3.8, 4) is 11.1 Å². The van der Waals surface area contributed by atoms with Crippen LogP contribution >= 0.6 is 0 Å². The van der Waals surface area contributed by atoms with Crippen molar-refractivity contribution in [2.75, 3.05) is 32.8 Å². The molecular weight excluding hydrogens is 496 g/mol. The number of carbonyl (C=O) groups excluding carboxylic acids is 3. The molecule has 2 aromatic carbocycles. The number of hydrogen-bond donors (Lipinski definition) is 1. The van der Waals surface area contributed by atoms with E-state index in [2.05, 4.69) is 29.6 Å². The Bertz CT molecular complexity index is 1190. The highest BCUT2D eigenvalue weighted by Gasteiger charge is 2.57. The van der Waals surface area contributed by atoms with Crippen LogP contribution in [0.1, 0.15) is 57.6 Å². The van der Waals surface area contributed by atoms with Crippen molar-refractivity contribution in [3.63, 3.8) is 0 Å². The second-order valence-electron chi connectivity index (χ2n) is 12.1. The SMILES string of the molecule is CCOC(=O)C(CNC(=O)OCC1c2ccccc2-c2ccccc21)C1CC2(C1)CN(C(=O)OC(C)(C)C)C2. The van der Waals surface area contributed by atoms with E-state index in [9.17, 15) is 14.4 Å². The third-order valence-corrected chi connectivity index (χ3v) is 8.06. The Hall–Kier alpha value is -3.55. The van der Waals surface area contributed by atoms with Gasteiger partial charge in [0.25, 0.3) is 0 Å². The molecule has 1 N–H and O–H groups in total. The molecule has 208 valence electrons. The van der Waals surface area contributed by atoms with E-state index in [0.29, 0.717) is 13.1 Å². The van der Waals surface area contributed by atoms with Crippen LogP contribution in [-0.2, 0) is 19.0 Å². The lowest BCUT2D eigenvalue weighted by atomic mass is 9.54. The average Bonchev–Trinajstić information content (AvgIpc) is 3.15. The number of amides is 2. The summed E-state index contributed by atoms with van der Waals surface area (Å²) >= 11 is 0. The van der Waals surface area contributed by atoms with Gasteiger partial charge in [0, 0.05) is 31.0 Å². The third-order valence-electron chi connectivity index (χ3n) is 8.06. The number of alkyl carbamates (subject to hydrolysis) is 1. The normalized spacial score (nSPS) is 18.3. The van der Waals surface area contributed by atoms with E-state index in [0.717, 1.165) is 24.0 Å². The number of benzene rings is 2. The molecule has 1 saturated heterocycles. The molecule has 1 aliphatic heterocycles. The summed E-state index contributed by atoms with van der Waals surface area (Å²) in [5.74, 6) is -0.702. The minimum Gasteiger partial charge on any atom is -0.466 e. The standard InChI is InChI=1S/C31H38N2O6/c1-5-37-27(34)25(20-14-31(15-20)18-33(19-31)29(36)39-30(2,3)4)16-32-28(35)38-17-26-23-12-8-6-10-21(23)22-11-7-9-13-24(22)26/h6-13,20,25-26H,5,14-19H2,1-4H3,(H,32,35). The lowest BCUT2D eigenvalue weighted by Crippen LogP contribution is -2.65. The molecule has 2 aromatic rings. The van der Waals surface area contributed by atoms with E-state index < -0.39 is 17.6 Å². The van der Waals surface area contributed by atoms with E-state index in [-0.39, 0.29) is 49.1 Å². The molecule has 8 heteroatoms. The molecule has 0 bridgehead atoms. The Morgan fingerprint density at radius 2 is 1.56 bits per heavy atom. The predicted octanol–water partition coefficient (Wildman–Crippen LogP) is 5.35. The second-order valence-corrected chi connectivity index (χ2v) is 12.1. The number of nitrogens with one attached hydrogen (secondary N) is 1. The molecule has 5 rings (SSSR count). The van der Waals surface area contributed by atoms with Gasteiger partial charge in [-0.25, -0.2) is 9.59 Å². The molecule has 1 atom stereocenters. The Labute approximate surface area is 230 Å². The molecule has 39 heavy (non-hydrogen) atoms. The molecule has 2 aliphatic carbocycles. The smallest absolute Gasteiger partial charge is 0.410 e. The number of carbonyl (C=O) groups is 3. The first-order valence-corrected chi connectivity index (χ1v) is 13.8. The van der Waals surface area contributed by atoms with Gasteiger partial charge in [-0.05, 0) is 68.7 Å². The number of hydrogen-bond acceptors (Lipinski definition) is 6. The van der Waals surface area contributed by atoms with Gasteiger partial charge in [0.2, 0.25) is 0 Å². The first-order valence-electron chi connectivity index (χ1n) is 13.8. The van der Waals surface area contributed by atoms with Crippen LogP contribution in [0.5, 0.6) is 0 Å². The summed E-state index contributed by atoms with van der Waals surface area (Å²) in [6.07, 6.45) is 0.778. The zero-order chi connectivity index (χ0) is 27.8. The van der Waals surface area contributed by atoms with Gasteiger partial charge in [0.15, 0.2) is 0 Å². The Balaban J connectivity index is 1.13. The highest BCUT2D eigenvalue weighted by molar-refractivity contribution is 5.79. The van der Waals surface area contributed by atoms with E-state index in [1.807, 2.05) is 45.0 Å². The van der Waals surface area contributed by atoms with Gasteiger partial charge in [0.05, 0.1) is 12.5 Å². The summed E-state index contributed by atoms with van der Waals surface area (Å²) in [5.41, 5.74) is 4.14. The van der Waals surface area contributed by atoms with Crippen LogP contribution in [0.25, 0.3) is 11.1 Å². The minimum absolute atomic E-state index is 0.0239. The van der Waals surface area contributed by atoms with Crippen molar-refractivity contribution >= 4 is 18.2 Å². The van der Waals surface area contributed by atoms with Crippen molar-refractivity contribution in [1.29, 1.82) is 0 Å². The van der Waals surface area contributed by atoms with Crippen molar-refractivity contribution < 1.29 is 28.6 Å². The fraction of sp³-hybridized carbons (Fsp3) is 0.516. The monoisotopic (exact) mass is 534 g/mol. The summed E-state index contributed by atoms with van der Waals surface area (Å²) in [7, 11) is 0. The van der Waals surface area contributed by atoms with Crippen molar-refractivity contribution in [2.24, 2.45) is 17.3 Å². The molecule has 0 aromatic heterocycles. The van der Waals surface area contributed by atoms with Crippen LogP contribution in [0.3, 0.4) is 0 Å². The number of rotatable bonds is 7. The summed E-state index contributed by atoms with van der Waals surface area (Å²) < 4.78 is 16.4. The maximum absolute atomic E-state index is 12.8. The van der Waals surface area contributed by atoms with E-state index >= 15 is 0 Å². The summed E-state index contributed by atoms with van der Waals surface area (Å²) in [6.45, 7) is 9.27. The fourth-order valence-electron chi connectivity index (χ4n) is 6.35. The van der Waals surface area contributed by atoms with Crippen LogP contribution < -0.4 is 5.32 Å². The van der Waals surface area contributed by atoms with Gasteiger partial charge in [0.1, 0.15) is 12.2 Å². The number of nitrogens with zero attached hydrogens (tertiary/aromatic N) is 1. The lowest BCUT2D eigenvalue weighted by Gasteiger charge is -2.59. The molecule has 1 heterocycles. The van der Waals surface area contributed by atoms with Crippen molar-refractivity contribution in [3.05, 3.63) is 59.7 Å². The van der Waals surface area contributed by atoms with Crippen LogP contribution in [0.4, 0.5) is 9.59 Å². The molecule has 2 fully saturated rings. The maximum Gasteiger partial charge on any atom is 0.410 e. The highest BCUT2D eigenvalue weighted by Crippen LogP contribution is 2.54. The number of likely N-dealkylation sites (tertiary alicyclic amines) is 1. The number of esters is 1. The van der Waals surface area contributed by atoms with E-state index in [4.69, 9.17) is 14.2 Å². The molecule has 1 unspecified atom stereocenters. The Kier molecular flexibility index (Phi) is 7.31. The molecule has 2 amide bonds. The summed E-state index contributed by atoms with van der Waals surface area (Å²) in [4.78, 5) is 39.5. The van der Waals surface area contributed by atoms with Crippen LogP contribution in [-0.4, -0.2) is 61.5 Å². The predicted molar refractivity (Wildman–Crippen MR) is 146 cm³/mol. The van der Waals surface area contributed by atoms with Crippen LogP contribution in [0.2, 0.25) is 0 Å².